The van der Waals surface area contributed by atoms with Gasteiger partial charge < -0.3 is 15.8 Å². The Morgan fingerprint density at radius 2 is 2.10 bits per heavy atom. The van der Waals surface area contributed by atoms with Crippen LogP contribution in [0.2, 0.25) is 0 Å². The number of nitrogens with one attached hydrogen (secondary N) is 1. The minimum atomic E-state index is -0.338. The maximum atomic E-state index is 11.6. The van der Waals surface area contributed by atoms with Crippen molar-refractivity contribution in [2.75, 3.05) is 18.2 Å². The molecule has 0 radical (unpaired) electrons. The zero-order valence-electron chi connectivity index (χ0n) is 13.4. The fourth-order valence-electron chi connectivity index (χ4n) is 3.60. The number of nitrogen functional groups attached to an aromatic ring is 1. The number of benzene rings is 1. The standard InChI is InChI=1S/C17H26N2O2/c1-11-7-13(10-17(2,3)9-11)19-15-8-12(16(20)21-4)5-6-14(15)18/h5-6,8,11,13,19H,7,9-10,18H2,1-4H3. The van der Waals surface area contributed by atoms with Gasteiger partial charge in [0.2, 0.25) is 0 Å². The van der Waals surface area contributed by atoms with Gasteiger partial charge in [0.1, 0.15) is 0 Å². The van der Waals surface area contributed by atoms with Crippen molar-refractivity contribution in [1.82, 2.24) is 0 Å². The molecule has 0 saturated heterocycles. The van der Waals surface area contributed by atoms with E-state index in [1.807, 2.05) is 0 Å². The SMILES string of the molecule is COC(=O)c1ccc(N)c(NC2CC(C)CC(C)(C)C2)c1. The number of carbonyl (C=O) groups is 1. The summed E-state index contributed by atoms with van der Waals surface area (Å²) in [5.41, 5.74) is 8.39. The fraction of sp³-hybridized carbons (Fsp3) is 0.588. The van der Waals surface area contributed by atoms with Crippen molar-refractivity contribution >= 4 is 17.3 Å². The molecule has 1 aromatic carbocycles. The summed E-state index contributed by atoms with van der Waals surface area (Å²) in [6, 6.07) is 5.62. The van der Waals surface area contributed by atoms with Crippen LogP contribution in [0.4, 0.5) is 11.4 Å². The highest BCUT2D eigenvalue weighted by atomic mass is 16.5. The molecule has 1 fully saturated rings. The van der Waals surface area contributed by atoms with Crippen LogP contribution in [0.3, 0.4) is 0 Å². The van der Waals surface area contributed by atoms with E-state index in [0.29, 0.717) is 28.6 Å². The lowest BCUT2D eigenvalue weighted by Crippen LogP contribution is -2.35. The van der Waals surface area contributed by atoms with Gasteiger partial charge in [0.15, 0.2) is 0 Å². The van der Waals surface area contributed by atoms with E-state index in [2.05, 4.69) is 26.1 Å². The predicted octanol–water partition coefficient (Wildman–Crippen LogP) is 3.68. The molecule has 2 unspecified atom stereocenters. The van der Waals surface area contributed by atoms with Gasteiger partial charge in [0, 0.05) is 6.04 Å². The average molecular weight is 290 g/mol. The van der Waals surface area contributed by atoms with Gasteiger partial charge in [-0.15, -0.1) is 0 Å². The first kappa shape index (κ1) is 15.7. The first-order chi connectivity index (χ1) is 9.80. The van der Waals surface area contributed by atoms with Crippen molar-refractivity contribution in [2.45, 2.75) is 46.1 Å². The molecule has 0 spiro atoms. The van der Waals surface area contributed by atoms with Gasteiger partial charge in [0.05, 0.1) is 24.0 Å². The van der Waals surface area contributed by atoms with E-state index in [9.17, 15) is 4.79 Å². The van der Waals surface area contributed by atoms with Gasteiger partial charge in [-0.2, -0.15) is 0 Å². The lowest BCUT2D eigenvalue weighted by molar-refractivity contribution is 0.0601. The Balaban J connectivity index is 2.17. The zero-order valence-corrected chi connectivity index (χ0v) is 13.4. The van der Waals surface area contributed by atoms with Gasteiger partial charge in [-0.1, -0.05) is 20.8 Å². The molecule has 4 nitrogen and oxygen atoms in total. The number of carbonyl (C=O) groups excluding carboxylic acids is 1. The van der Waals surface area contributed by atoms with Crippen molar-refractivity contribution < 1.29 is 9.53 Å². The molecule has 1 aromatic rings. The van der Waals surface area contributed by atoms with Crippen LogP contribution >= 0.6 is 0 Å². The largest absolute Gasteiger partial charge is 0.465 e. The smallest absolute Gasteiger partial charge is 0.337 e. The topological polar surface area (TPSA) is 64.3 Å². The van der Waals surface area contributed by atoms with Crippen LogP contribution in [0.5, 0.6) is 0 Å². The van der Waals surface area contributed by atoms with Gasteiger partial charge in [-0.05, 0) is 48.8 Å². The maximum absolute atomic E-state index is 11.6. The third-order valence-corrected chi connectivity index (χ3v) is 4.22. The van der Waals surface area contributed by atoms with Crippen LogP contribution in [0, 0.1) is 11.3 Å². The third-order valence-electron chi connectivity index (χ3n) is 4.22. The molecule has 0 aromatic heterocycles. The second-order valence-electron chi connectivity index (χ2n) is 7.05. The summed E-state index contributed by atoms with van der Waals surface area (Å²) in [6.45, 7) is 6.92. The van der Waals surface area contributed by atoms with Crippen LogP contribution in [0.1, 0.15) is 50.4 Å². The Morgan fingerprint density at radius 1 is 1.38 bits per heavy atom. The van der Waals surface area contributed by atoms with Gasteiger partial charge in [0.25, 0.3) is 0 Å². The van der Waals surface area contributed by atoms with Crippen LogP contribution in [-0.4, -0.2) is 19.1 Å². The molecular formula is C17H26N2O2. The zero-order chi connectivity index (χ0) is 15.6. The number of esters is 1. The normalized spacial score (nSPS) is 24.4. The molecule has 0 aliphatic heterocycles. The highest BCUT2D eigenvalue weighted by Gasteiger charge is 2.32. The summed E-state index contributed by atoms with van der Waals surface area (Å²) in [7, 11) is 1.39. The molecule has 2 rings (SSSR count). The molecule has 3 N–H and O–H groups in total. The van der Waals surface area contributed by atoms with Crippen LogP contribution in [0.15, 0.2) is 18.2 Å². The molecule has 1 aliphatic rings. The maximum Gasteiger partial charge on any atom is 0.337 e. The van der Waals surface area contributed by atoms with E-state index < -0.39 is 0 Å². The quantitative estimate of drug-likeness (QED) is 0.658. The molecule has 21 heavy (non-hydrogen) atoms. The summed E-state index contributed by atoms with van der Waals surface area (Å²) in [4.78, 5) is 11.6. The Labute approximate surface area is 127 Å². The molecule has 0 bridgehead atoms. The summed E-state index contributed by atoms with van der Waals surface area (Å²) in [5, 5.41) is 3.52. The van der Waals surface area contributed by atoms with Crippen molar-refractivity contribution in [3.8, 4) is 0 Å². The van der Waals surface area contributed by atoms with E-state index in [4.69, 9.17) is 10.5 Å². The predicted molar refractivity (Wildman–Crippen MR) is 86.4 cm³/mol. The van der Waals surface area contributed by atoms with Crippen molar-refractivity contribution in [3.63, 3.8) is 0 Å². The third kappa shape index (κ3) is 3.90. The number of hydrogen-bond acceptors (Lipinski definition) is 4. The van der Waals surface area contributed by atoms with Crippen LogP contribution in [0.25, 0.3) is 0 Å². The first-order valence-electron chi connectivity index (χ1n) is 7.55. The summed E-state index contributed by atoms with van der Waals surface area (Å²) >= 11 is 0. The van der Waals surface area contributed by atoms with Crippen molar-refractivity contribution in [1.29, 1.82) is 0 Å². The van der Waals surface area contributed by atoms with E-state index in [1.54, 1.807) is 18.2 Å². The van der Waals surface area contributed by atoms with Crippen LogP contribution in [-0.2, 0) is 4.74 Å². The Kier molecular flexibility index (Phi) is 4.45. The number of ether oxygens (including phenoxy) is 1. The monoisotopic (exact) mass is 290 g/mol. The minimum Gasteiger partial charge on any atom is -0.465 e. The fourth-order valence-corrected chi connectivity index (χ4v) is 3.60. The lowest BCUT2D eigenvalue weighted by Gasteiger charge is -2.39. The van der Waals surface area contributed by atoms with Crippen molar-refractivity contribution in [2.24, 2.45) is 11.3 Å². The number of rotatable bonds is 3. The van der Waals surface area contributed by atoms with Gasteiger partial charge in [-0.3, -0.25) is 0 Å². The molecular weight excluding hydrogens is 264 g/mol. The average Bonchev–Trinajstić information content (AvgIpc) is 2.38. The Morgan fingerprint density at radius 3 is 2.71 bits per heavy atom. The van der Waals surface area contributed by atoms with Crippen molar-refractivity contribution in [3.05, 3.63) is 23.8 Å². The Hall–Kier alpha value is -1.71. The number of nitrogens with two attached hydrogens (primary N) is 1. The molecule has 0 heterocycles. The van der Waals surface area contributed by atoms with E-state index in [0.717, 1.165) is 18.5 Å². The highest BCUT2D eigenvalue weighted by molar-refractivity contribution is 5.92. The van der Waals surface area contributed by atoms with Crippen LogP contribution < -0.4 is 11.1 Å². The molecule has 1 saturated carbocycles. The molecule has 0 amide bonds. The Bertz CT molecular complexity index is 526. The van der Waals surface area contributed by atoms with E-state index in [1.165, 1.54) is 13.5 Å². The summed E-state index contributed by atoms with van der Waals surface area (Å²) < 4.78 is 4.76. The van der Waals surface area contributed by atoms with E-state index in [-0.39, 0.29) is 5.97 Å². The molecule has 1 aliphatic carbocycles. The molecule has 2 atom stereocenters. The number of hydrogen-bond donors (Lipinski definition) is 2. The summed E-state index contributed by atoms with van der Waals surface area (Å²) in [5.74, 6) is 0.353. The molecule has 4 heteroatoms. The second-order valence-corrected chi connectivity index (χ2v) is 7.05. The summed E-state index contributed by atoms with van der Waals surface area (Å²) in [6.07, 6.45) is 3.49. The highest BCUT2D eigenvalue weighted by Crippen LogP contribution is 2.40. The lowest BCUT2D eigenvalue weighted by atomic mass is 9.70. The van der Waals surface area contributed by atoms with E-state index >= 15 is 0 Å². The number of methoxy groups -OCH3 is 1. The minimum absolute atomic E-state index is 0.337. The number of anilines is 2. The van der Waals surface area contributed by atoms with Gasteiger partial charge in [-0.25, -0.2) is 4.79 Å². The first-order valence-corrected chi connectivity index (χ1v) is 7.55. The molecule has 116 valence electrons. The second kappa shape index (κ2) is 5.96. The van der Waals surface area contributed by atoms with Gasteiger partial charge >= 0.3 is 5.97 Å².